The van der Waals surface area contributed by atoms with Crippen molar-refractivity contribution in [3.05, 3.63) is 58.9 Å². The molecule has 4 rings (SSSR count). The van der Waals surface area contributed by atoms with E-state index < -0.39 is 0 Å². The fraction of sp³-hybridized carbons (Fsp3) is 0.484. The van der Waals surface area contributed by atoms with E-state index in [1.54, 1.807) is 7.11 Å². The van der Waals surface area contributed by atoms with Gasteiger partial charge in [0, 0.05) is 41.9 Å². The maximum atomic E-state index is 5.03. The van der Waals surface area contributed by atoms with Crippen molar-refractivity contribution in [2.75, 3.05) is 30.4 Å². The Kier molecular flexibility index (Phi) is 8.91. The highest BCUT2D eigenvalue weighted by molar-refractivity contribution is 5.99. The molecule has 0 saturated heterocycles. The Morgan fingerprint density at radius 3 is 2.76 bits per heavy atom. The second-order valence-electron chi connectivity index (χ2n) is 10.7. The molecule has 1 aliphatic carbocycles. The Balaban J connectivity index is 1.66. The minimum absolute atomic E-state index is 0.624. The Morgan fingerprint density at radius 1 is 1.30 bits per heavy atom. The maximum Gasteiger partial charge on any atom is 0.141 e. The number of rotatable bonds is 11. The van der Waals surface area contributed by atoms with Gasteiger partial charge in [0.25, 0.3) is 0 Å². The fourth-order valence-electron chi connectivity index (χ4n) is 5.19. The van der Waals surface area contributed by atoms with Gasteiger partial charge < -0.3 is 20.4 Å². The molecule has 2 aromatic rings. The molecule has 2 aliphatic rings. The van der Waals surface area contributed by atoms with Gasteiger partial charge in [-0.15, -0.1) is 0 Å². The van der Waals surface area contributed by atoms with Crippen LogP contribution in [-0.2, 0) is 4.84 Å². The van der Waals surface area contributed by atoms with E-state index >= 15 is 0 Å². The molecular formula is C31H43N5O. The second kappa shape index (κ2) is 12.3. The maximum absolute atomic E-state index is 5.03. The number of hydrogen-bond acceptors (Lipinski definition) is 6. The highest BCUT2D eigenvalue weighted by atomic mass is 16.6. The molecule has 0 amide bonds. The van der Waals surface area contributed by atoms with Crippen molar-refractivity contribution in [1.29, 1.82) is 0 Å². The molecule has 0 radical (unpaired) electrons. The van der Waals surface area contributed by atoms with Gasteiger partial charge in [-0.25, -0.2) is 4.98 Å². The minimum Gasteiger partial charge on any atom is -0.399 e. The lowest BCUT2D eigenvalue weighted by Gasteiger charge is -2.32. The summed E-state index contributed by atoms with van der Waals surface area (Å²) >= 11 is 0. The van der Waals surface area contributed by atoms with E-state index in [-0.39, 0.29) is 0 Å². The largest absolute Gasteiger partial charge is 0.399 e. The zero-order valence-corrected chi connectivity index (χ0v) is 23.4. The highest BCUT2D eigenvalue weighted by Gasteiger charge is 2.21. The molecule has 0 spiro atoms. The van der Waals surface area contributed by atoms with E-state index in [1.165, 1.54) is 36.9 Å². The van der Waals surface area contributed by atoms with Crippen LogP contribution in [0.4, 0.5) is 17.2 Å². The molecule has 198 valence electrons. The number of nitrogens with one attached hydrogen (secondary N) is 2. The summed E-state index contributed by atoms with van der Waals surface area (Å²) in [5, 5.41) is 11.2. The third kappa shape index (κ3) is 6.54. The third-order valence-corrected chi connectivity index (χ3v) is 7.25. The van der Waals surface area contributed by atoms with Crippen molar-refractivity contribution in [3.63, 3.8) is 0 Å². The van der Waals surface area contributed by atoms with Crippen LogP contribution in [-0.4, -0.2) is 30.9 Å². The van der Waals surface area contributed by atoms with Crippen LogP contribution >= 0.6 is 0 Å². The smallest absolute Gasteiger partial charge is 0.141 e. The molecule has 1 aromatic carbocycles. The summed E-state index contributed by atoms with van der Waals surface area (Å²) in [6.45, 7) is 13.1. The third-order valence-electron chi connectivity index (χ3n) is 7.25. The van der Waals surface area contributed by atoms with Crippen LogP contribution in [0.15, 0.2) is 41.7 Å². The Labute approximate surface area is 222 Å². The Bertz CT molecular complexity index is 1180. The number of allylic oxidation sites excluding steroid dienone is 1. The van der Waals surface area contributed by atoms with Crippen molar-refractivity contribution in [3.8, 4) is 0 Å². The summed E-state index contributed by atoms with van der Waals surface area (Å²) in [7, 11) is 1.56. The number of pyridine rings is 1. The zero-order chi connectivity index (χ0) is 26.4. The lowest BCUT2D eigenvalue weighted by atomic mass is 9.83. The van der Waals surface area contributed by atoms with Crippen molar-refractivity contribution in [1.82, 2.24) is 10.3 Å². The second-order valence-corrected chi connectivity index (χ2v) is 10.7. The molecule has 0 unspecified atom stereocenters. The molecule has 0 atom stereocenters. The quantitative estimate of drug-likeness (QED) is 0.247. The predicted octanol–water partition coefficient (Wildman–Crippen LogP) is 7.48. The molecule has 2 heterocycles. The van der Waals surface area contributed by atoms with Gasteiger partial charge >= 0.3 is 0 Å². The van der Waals surface area contributed by atoms with Crippen LogP contribution in [0, 0.1) is 18.8 Å². The lowest BCUT2D eigenvalue weighted by Crippen LogP contribution is -2.31. The first kappa shape index (κ1) is 26.8. The summed E-state index contributed by atoms with van der Waals surface area (Å²) in [4.78, 5) is 12.6. The first-order valence-electron chi connectivity index (χ1n) is 13.8. The van der Waals surface area contributed by atoms with Crippen molar-refractivity contribution in [2.24, 2.45) is 17.0 Å². The summed E-state index contributed by atoms with van der Waals surface area (Å²) in [5.41, 5.74) is 8.41. The van der Waals surface area contributed by atoms with Gasteiger partial charge in [-0.2, -0.15) is 0 Å². The molecule has 1 aromatic heterocycles. The number of aryl methyl sites for hydroxylation is 1. The van der Waals surface area contributed by atoms with E-state index in [0.717, 1.165) is 65.2 Å². The molecule has 37 heavy (non-hydrogen) atoms. The van der Waals surface area contributed by atoms with Gasteiger partial charge in [-0.05, 0) is 80.0 Å². The van der Waals surface area contributed by atoms with Crippen LogP contribution in [0.1, 0.15) is 82.2 Å². The Hall–Kier alpha value is -3.28. The molecule has 2 N–H and O–H groups in total. The number of hydrogen-bond donors (Lipinski definition) is 2. The molecule has 0 bridgehead atoms. The summed E-state index contributed by atoms with van der Waals surface area (Å²) < 4.78 is 0. The fourth-order valence-corrected chi connectivity index (χ4v) is 5.19. The molecule has 1 saturated carbocycles. The number of aromatic nitrogens is 1. The molecule has 1 fully saturated rings. The minimum atomic E-state index is 0.624. The van der Waals surface area contributed by atoms with Crippen LogP contribution < -0.4 is 15.5 Å². The number of benzene rings is 1. The standard InChI is InChI=1S/C31H43N5O/c1-7-9-27-30-25(14-16-32-27)19-28(23(5)35-37-6)34-31(30)33-26-12-13-29(22(4)18-26)36(20-21(2)3)17-15-24-10-8-11-24/h9,12-14,16,18-19,21,24,32H,7-8,10-11,15,17,20H2,1-6H3,(H,33,34)/b27-9-,35-23+. The molecular weight excluding hydrogens is 458 g/mol. The first-order valence-corrected chi connectivity index (χ1v) is 13.8. The van der Waals surface area contributed by atoms with Crippen LogP contribution in [0.25, 0.3) is 11.8 Å². The average Bonchev–Trinajstić information content (AvgIpc) is 2.82. The van der Waals surface area contributed by atoms with Crippen LogP contribution in [0.3, 0.4) is 0 Å². The van der Waals surface area contributed by atoms with Crippen LogP contribution in [0.2, 0.25) is 0 Å². The average molecular weight is 502 g/mol. The van der Waals surface area contributed by atoms with E-state index in [9.17, 15) is 0 Å². The van der Waals surface area contributed by atoms with Gasteiger partial charge in [0.05, 0.1) is 5.69 Å². The van der Waals surface area contributed by atoms with E-state index in [1.807, 2.05) is 13.1 Å². The van der Waals surface area contributed by atoms with Crippen molar-refractivity contribution in [2.45, 2.75) is 66.7 Å². The monoisotopic (exact) mass is 501 g/mol. The molecule has 6 heteroatoms. The topological polar surface area (TPSA) is 61.8 Å². The summed E-state index contributed by atoms with van der Waals surface area (Å²) in [5.74, 6) is 2.35. The number of oxime groups is 1. The first-order chi connectivity index (χ1) is 17.9. The summed E-state index contributed by atoms with van der Waals surface area (Å²) in [6.07, 6.45) is 12.7. The SMILES string of the molecule is CC/C=C1\NC=Cc2cc(/C(C)=N/OC)nc(Nc3ccc(N(CCC4CCC4)CC(C)C)c(C)c3)c21. The van der Waals surface area contributed by atoms with E-state index in [2.05, 4.69) is 84.8 Å². The Morgan fingerprint density at radius 2 is 2.11 bits per heavy atom. The predicted molar refractivity (Wildman–Crippen MR) is 157 cm³/mol. The lowest BCUT2D eigenvalue weighted by molar-refractivity contribution is 0.213. The van der Waals surface area contributed by atoms with Gasteiger partial charge in [-0.1, -0.05) is 51.3 Å². The zero-order valence-electron chi connectivity index (χ0n) is 23.4. The van der Waals surface area contributed by atoms with Crippen molar-refractivity contribution < 1.29 is 4.84 Å². The van der Waals surface area contributed by atoms with Gasteiger partial charge in [-0.3, -0.25) is 0 Å². The molecule has 1 aliphatic heterocycles. The van der Waals surface area contributed by atoms with Gasteiger partial charge in [0.1, 0.15) is 18.6 Å². The highest BCUT2D eigenvalue weighted by Crippen LogP contribution is 2.34. The number of nitrogens with zero attached hydrogens (tertiary/aromatic N) is 3. The van der Waals surface area contributed by atoms with E-state index in [0.29, 0.717) is 5.92 Å². The number of anilines is 3. The number of fused-ring (bicyclic) bond motifs is 1. The normalized spacial score (nSPS) is 16.4. The van der Waals surface area contributed by atoms with Crippen LogP contribution in [0.5, 0.6) is 0 Å². The van der Waals surface area contributed by atoms with Gasteiger partial charge in [0.15, 0.2) is 0 Å². The van der Waals surface area contributed by atoms with Gasteiger partial charge in [0.2, 0.25) is 0 Å². The van der Waals surface area contributed by atoms with Crippen molar-refractivity contribution >= 4 is 34.7 Å². The summed E-state index contributed by atoms with van der Waals surface area (Å²) in [6, 6.07) is 8.78. The van der Waals surface area contributed by atoms with E-state index in [4.69, 9.17) is 9.82 Å². The molecule has 6 nitrogen and oxygen atoms in total.